The highest BCUT2D eigenvalue weighted by Gasteiger charge is 2.18. The minimum Gasteiger partial charge on any atom is -0.296 e. The Morgan fingerprint density at radius 3 is 2.33 bits per heavy atom. The third-order valence-electron chi connectivity index (χ3n) is 1.76. The molecule has 0 spiro atoms. The van der Waals surface area contributed by atoms with Crippen molar-refractivity contribution in [1.29, 1.82) is 0 Å². The van der Waals surface area contributed by atoms with Crippen molar-refractivity contribution in [2.45, 2.75) is 50.3 Å². The number of Topliss-reactive ketones (excluding diaryl/α,β-unsaturated/α-hetero) is 1. The Balaban J connectivity index is 3.57. The van der Waals surface area contributed by atoms with E-state index in [1.807, 2.05) is 0 Å². The van der Waals surface area contributed by atoms with Crippen molar-refractivity contribution in [3.63, 3.8) is 0 Å². The van der Waals surface area contributed by atoms with Crippen molar-refractivity contribution in [3.05, 3.63) is 0 Å². The van der Waals surface area contributed by atoms with Gasteiger partial charge in [-0.1, -0.05) is 26.2 Å². The fourth-order valence-corrected chi connectivity index (χ4v) is 1.52. The number of carbonyl (C=O) groups is 1. The molecule has 1 nitrogen and oxygen atoms in total. The van der Waals surface area contributed by atoms with Gasteiger partial charge in [0.1, 0.15) is 0 Å². The monoisotopic (exact) mass is 210 g/mol. The molecule has 2 unspecified atom stereocenters. The van der Waals surface area contributed by atoms with Crippen molar-refractivity contribution >= 4 is 29.0 Å². The van der Waals surface area contributed by atoms with Gasteiger partial charge in [0.2, 0.25) is 0 Å². The number of hydrogen-bond acceptors (Lipinski definition) is 1. The molecule has 0 aliphatic carbocycles. The van der Waals surface area contributed by atoms with E-state index in [1.54, 1.807) is 6.92 Å². The van der Waals surface area contributed by atoms with Gasteiger partial charge in [-0.3, -0.25) is 4.79 Å². The number of hydrogen-bond donors (Lipinski definition) is 0. The maximum atomic E-state index is 11.2. The average molecular weight is 211 g/mol. The molecule has 0 amide bonds. The maximum absolute atomic E-state index is 11.2. The molecule has 0 aromatic rings. The van der Waals surface area contributed by atoms with Gasteiger partial charge >= 0.3 is 0 Å². The lowest BCUT2D eigenvalue weighted by molar-refractivity contribution is -0.118. The Morgan fingerprint density at radius 1 is 1.33 bits per heavy atom. The number of carbonyl (C=O) groups excluding carboxylic acids is 1. The van der Waals surface area contributed by atoms with Gasteiger partial charge in [-0.15, -0.1) is 23.2 Å². The van der Waals surface area contributed by atoms with Gasteiger partial charge in [0, 0.05) is 0 Å². The van der Waals surface area contributed by atoms with Gasteiger partial charge < -0.3 is 0 Å². The Hall–Kier alpha value is 0.250. The molecule has 0 saturated heterocycles. The lowest BCUT2D eigenvalue weighted by Crippen LogP contribution is -2.22. The molecule has 0 aromatic heterocycles. The predicted molar refractivity (Wildman–Crippen MR) is 54.1 cm³/mol. The topological polar surface area (TPSA) is 17.1 Å². The SMILES string of the molecule is CCCCCC(Cl)C(=O)C(C)Cl. The molecule has 0 saturated carbocycles. The second kappa shape index (κ2) is 6.73. The van der Waals surface area contributed by atoms with Crippen LogP contribution < -0.4 is 0 Å². The van der Waals surface area contributed by atoms with Crippen molar-refractivity contribution in [2.24, 2.45) is 0 Å². The predicted octanol–water partition coefficient (Wildman–Crippen LogP) is 3.37. The Bertz CT molecular complexity index is 134. The molecular weight excluding hydrogens is 195 g/mol. The first kappa shape index (κ1) is 12.2. The molecule has 0 radical (unpaired) electrons. The van der Waals surface area contributed by atoms with Crippen LogP contribution in [0.2, 0.25) is 0 Å². The molecule has 72 valence electrons. The van der Waals surface area contributed by atoms with E-state index in [-0.39, 0.29) is 11.2 Å². The van der Waals surface area contributed by atoms with Crippen molar-refractivity contribution in [3.8, 4) is 0 Å². The molecule has 3 heteroatoms. The highest BCUT2D eigenvalue weighted by atomic mass is 35.5. The van der Waals surface area contributed by atoms with Crippen molar-refractivity contribution in [1.82, 2.24) is 0 Å². The second-order valence-electron chi connectivity index (χ2n) is 2.98. The lowest BCUT2D eigenvalue weighted by Gasteiger charge is -2.08. The number of alkyl halides is 2. The molecule has 0 aromatic carbocycles. The van der Waals surface area contributed by atoms with Crippen LogP contribution in [0.15, 0.2) is 0 Å². The van der Waals surface area contributed by atoms with Crippen LogP contribution in [-0.2, 0) is 4.79 Å². The minimum absolute atomic E-state index is 0.0468. The van der Waals surface area contributed by atoms with Crippen molar-refractivity contribution in [2.75, 3.05) is 0 Å². The lowest BCUT2D eigenvalue weighted by atomic mass is 10.1. The molecule has 0 heterocycles. The first-order valence-electron chi connectivity index (χ1n) is 4.41. The van der Waals surface area contributed by atoms with Crippen molar-refractivity contribution < 1.29 is 4.79 Å². The van der Waals surface area contributed by atoms with Crippen LogP contribution in [-0.4, -0.2) is 16.5 Å². The largest absolute Gasteiger partial charge is 0.296 e. The summed E-state index contributed by atoms with van der Waals surface area (Å²) in [5.74, 6) is -0.0468. The van der Waals surface area contributed by atoms with E-state index < -0.39 is 5.38 Å². The number of halogens is 2. The van der Waals surface area contributed by atoms with Gasteiger partial charge in [0.15, 0.2) is 5.78 Å². The molecule has 12 heavy (non-hydrogen) atoms. The Labute approximate surface area is 84.4 Å². The smallest absolute Gasteiger partial charge is 0.168 e. The molecule has 0 N–H and O–H groups in total. The summed E-state index contributed by atoms with van der Waals surface area (Å²) >= 11 is 11.4. The van der Waals surface area contributed by atoms with Crippen LogP contribution in [0.3, 0.4) is 0 Å². The van der Waals surface area contributed by atoms with Gasteiger partial charge in [-0.05, 0) is 13.3 Å². The number of rotatable bonds is 6. The molecular formula is C9H16Cl2O. The van der Waals surface area contributed by atoms with E-state index >= 15 is 0 Å². The highest BCUT2D eigenvalue weighted by Crippen LogP contribution is 2.13. The zero-order chi connectivity index (χ0) is 9.56. The zero-order valence-corrected chi connectivity index (χ0v) is 9.16. The summed E-state index contributed by atoms with van der Waals surface area (Å²) in [7, 11) is 0. The highest BCUT2D eigenvalue weighted by molar-refractivity contribution is 6.39. The fourth-order valence-electron chi connectivity index (χ4n) is 0.965. The number of unbranched alkanes of at least 4 members (excludes halogenated alkanes) is 2. The second-order valence-corrected chi connectivity index (χ2v) is 4.16. The van der Waals surface area contributed by atoms with Gasteiger partial charge in [-0.25, -0.2) is 0 Å². The average Bonchev–Trinajstić information content (AvgIpc) is 2.03. The van der Waals surface area contributed by atoms with E-state index in [2.05, 4.69) is 6.92 Å². The molecule has 0 aliphatic heterocycles. The quantitative estimate of drug-likeness (QED) is 0.486. The maximum Gasteiger partial charge on any atom is 0.168 e. The summed E-state index contributed by atoms with van der Waals surface area (Å²) in [5.41, 5.74) is 0. The first-order chi connectivity index (χ1) is 5.59. The first-order valence-corrected chi connectivity index (χ1v) is 5.28. The van der Waals surface area contributed by atoms with Gasteiger partial charge in [0.05, 0.1) is 10.8 Å². The summed E-state index contributed by atoms with van der Waals surface area (Å²) in [6.07, 6.45) is 4.05. The standard InChI is InChI=1S/C9H16Cl2O/c1-3-4-5-6-8(11)9(12)7(2)10/h7-8H,3-6H2,1-2H3. The normalized spacial score (nSPS) is 15.7. The molecule has 0 fully saturated rings. The Morgan fingerprint density at radius 2 is 1.92 bits per heavy atom. The fraction of sp³-hybridized carbons (Fsp3) is 0.889. The third-order valence-corrected chi connectivity index (χ3v) is 2.41. The van der Waals surface area contributed by atoms with Crippen LogP contribution in [0.1, 0.15) is 39.5 Å². The summed E-state index contributed by atoms with van der Waals surface area (Å²) in [5, 5.41) is -0.835. The van der Waals surface area contributed by atoms with E-state index in [0.717, 1.165) is 25.7 Å². The van der Waals surface area contributed by atoms with Crippen LogP contribution in [0.4, 0.5) is 0 Å². The van der Waals surface area contributed by atoms with E-state index in [9.17, 15) is 4.79 Å². The van der Waals surface area contributed by atoms with E-state index in [4.69, 9.17) is 23.2 Å². The van der Waals surface area contributed by atoms with Crippen LogP contribution in [0.5, 0.6) is 0 Å². The molecule has 0 aliphatic rings. The zero-order valence-electron chi connectivity index (χ0n) is 7.65. The third kappa shape index (κ3) is 5.00. The minimum atomic E-state index is -0.450. The number of ketones is 1. The molecule has 0 bridgehead atoms. The summed E-state index contributed by atoms with van der Waals surface area (Å²) < 4.78 is 0. The molecule has 0 rings (SSSR count). The summed E-state index contributed by atoms with van der Waals surface area (Å²) in [6, 6.07) is 0. The summed E-state index contributed by atoms with van der Waals surface area (Å²) in [6.45, 7) is 3.79. The Kier molecular flexibility index (Phi) is 6.87. The van der Waals surface area contributed by atoms with Crippen LogP contribution in [0.25, 0.3) is 0 Å². The van der Waals surface area contributed by atoms with Gasteiger partial charge in [-0.2, -0.15) is 0 Å². The van der Waals surface area contributed by atoms with Gasteiger partial charge in [0.25, 0.3) is 0 Å². The van der Waals surface area contributed by atoms with E-state index in [0.29, 0.717) is 0 Å². The van der Waals surface area contributed by atoms with E-state index in [1.165, 1.54) is 0 Å². The van der Waals surface area contributed by atoms with Crippen LogP contribution in [0, 0.1) is 0 Å². The summed E-state index contributed by atoms with van der Waals surface area (Å²) in [4.78, 5) is 11.2. The van der Waals surface area contributed by atoms with Crippen LogP contribution >= 0.6 is 23.2 Å². The molecule has 2 atom stereocenters.